The Morgan fingerprint density at radius 3 is 2.16 bits per heavy atom. The second-order valence-corrected chi connectivity index (χ2v) is 20.8. The summed E-state index contributed by atoms with van der Waals surface area (Å²) in [6.45, 7) is 26.0. The molecule has 4 aliphatic carbocycles. The lowest BCUT2D eigenvalue weighted by atomic mass is 9.43. The van der Waals surface area contributed by atoms with Crippen LogP contribution in [0.3, 0.4) is 0 Å². The Bertz CT molecular complexity index is 1120. The highest BCUT2D eigenvalue weighted by molar-refractivity contribution is 8.76. The SMILES string of the molecule is CC(CSSCC(C)C(=O)OC1CC[C@]2(C)C3=C(CC[C@H]2C1(C)C)[C@]1(C)CC[C@H]([C@H](C)CCCC(C)(C)C)[C@@]1(C)CC3)C(=O)O. The lowest BCUT2D eigenvalue weighted by Gasteiger charge is -2.62. The largest absolute Gasteiger partial charge is 0.481 e. The molecule has 1 N–H and O–H groups in total. The number of carboxylic acid groups (broad SMARTS) is 1. The van der Waals surface area contributed by atoms with E-state index in [1.165, 1.54) is 57.8 Å². The number of fused-ring (bicyclic) bond motifs is 4. The average Bonchev–Trinajstić information content (AvgIpc) is 3.22. The van der Waals surface area contributed by atoms with Gasteiger partial charge in [0.25, 0.3) is 0 Å². The van der Waals surface area contributed by atoms with Gasteiger partial charge in [-0.3, -0.25) is 9.59 Å². The summed E-state index contributed by atoms with van der Waals surface area (Å²) in [4.78, 5) is 24.3. The van der Waals surface area contributed by atoms with Crippen molar-refractivity contribution in [2.75, 3.05) is 11.5 Å². The zero-order valence-electron chi connectivity index (χ0n) is 30.6. The molecule has 0 aromatic rings. The fourth-order valence-electron chi connectivity index (χ4n) is 10.7. The number of carbonyl (C=O) groups excluding carboxylic acids is 1. The summed E-state index contributed by atoms with van der Waals surface area (Å²) in [7, 11) is 3.13. The zero-order valence-corrected chi connectivity index (χ0v) is 32.3. The molecule has 0 radical (unpaired) electrons. The van der Waals surface area contributed by atoms with E-state index in [2.05, 4.69) is 62.3 Å². The minimum Gasteiger partial charge on any atom is -0.481 e. The van der Waals surface area contributed by atoms with E-state index in [-0.39, 0.29) is 34.7 Å². The van der Waals surface area contributed by atoms with Gasteiger partial charge in [-0.25, -0.2) is 0 Å². The third-order valence-electron chi connectivity index (χ3n) is 13.8. The normalized spacial score (nSPS) is 36.4. The number of carbonyl (C=O) groups is 2. The monoisotopic (exact) mass is 662 g/mol. The highest BCUT2D eigenvalue weighted by atomic mass is 33.1. The molecule has 2 saturated carbocycles. The number of ether oxygens (including phenoxy) is 1. The van der Waals surface area contributed by atoms with E-state index >= 15 is 0 Å². The second kappa shape index (κ2) is 13.7. The second-order valence-electron chi connectivity index (χ2n) is 18.3. The summed E-state index contributed by atoms with van der Waals surface area (Å²) >= 11 is 0. The summed E-state index contributed by atoms with van der Waals surface area (Å²) in [5, 5.41) is 9.12. The van der Waals surface area contributed by atoms with Crippen molar-refractivity contribution in [2.24, 2.45) is 56.7 Å². The Hall–Kier alpha value is -0.620. The molecule has 0 bridgehead atoms. The van der Waals surface area contributed by atoms with Gasteiger partial charge in [0.1, 0.15) is 6.10 Å². The molecule has 4 nitrogen and oxygen atoms in total. The number of aliphatic carboxylic acids is 1. The molecule has 0 aliphatic heterocycles. The van der Waals surface area contributed by atoms with Gasteiger partial charge in [0.2, 0.25) is 0 Å². The van der Waals surface area contributed by atoms with Crippen molar-refractivity contribution in [3.8, 4) is 0 Å². The van der Waals surface area contributed by atoms with E-state index in [9.17, 15) is 9.59 Å². The molecule has 0 heterocycles. The highest BCUT2D eigenvalue weighted by Gasteiger charge is 2.63. The smallest absolute Gasteiger partial charge is 0.309 e. The summed E-state index contributed by atoms with van der Waals surface area (Å²) in [5.74, 6) is 1.89. The van der Waals surface area contributed by atoms with Crippen molar-refractivity contribution in [1.82, 2.24) is 0 Å². The number of allylic oxidation sites excluding steroid dienone is 2. The topological polar surface area (TPSA) is 63.6 Å². The van der Waals surface area contributed by atoms with Crippen molar-refractivity contribution < 1.29 is 19.4 Å². The molecule has 258 valence electrons. The van der Waals surface area contributed by atoms with E-state index in [1.54, 1.807) is 34.1 Å². The number of esters is 1. The summed E-state index contributed by atoms with van der Waals surface area (Å²) < 4.78 is 6.34. The van der Waals surface area contributed by atoms with E-state index in [0.717, 1.165) is 24.7 Å². The van der Waals surface area contributed by atoms with E-state index in [1.807, 2.05) is 12.5 Å². The van der Waals surface area contributed by atoms with Crippen LogP contribution in [-0.4, -0.2) is 34.7 Å². The van der Waals surface area contributed by atoms with Gasteiger partial charge >= 0.3 is 11.9 Å². The Labute approximate surface area is 284 Å². The van der Waals surface area contributed by atoms with Gasteiger partial charge in [-0.1, -0.05) is 122 Å². The predicted molar refractivity (Wildman–Crippen MR) is 192 cm³/mol. The lowest BCUT2D eigenvalue weighted by Crippen LogP contribution is -2.56. The Kier molecular flexibility index (Phi) is 11.3. The molecule has 45 heavy (non-hydrogen) atoms. The van der Waals surface area contributed by atoms with Gasteiger partial charge in [-0.15, -0.1) is 0 Å². The van der Waals surface area contributed by atoms with Crippen LogP contribution in [-0.2, 0) is 14.3 Å². The zero-order chi connectivity index (χ0) is 33.6. The van der Waals surface area contributed by atoms with Crippen molar-refractivity contribution in [3.63, 3.8) is 0 Å². The first kappa shape index (κ1) is 37.2. The molecule has 9 atom stereocenters. The molecule has 0 aromatic carbocycles. The molecular formula is C39H66O4S2. The number of hydrogen-bond donors (Lipinski definition) is 1. The molecule has 0 spiro atoms. The van der Waals surface area contributed by atoms with E-state index in [0.29, 0.717) is 33.7 Å². The quantitative estimate of drug-likeness (QED) is 0.0971. The van der Waals surface area contributed by atoms with Crippen molar-refractivity contribution in [2.45, 2.75) is 153 Å². The van der Waals surface area contributed by atoms with E-state index < -0.39 is 5.97 Å². The van der Waals surface area contributed by atoms with Gasteiger partial charge in [-0.2, -0.15) is 0 Å². The Morgan fingerprint density at radius 2 is 1.53 bits per heavy atom. The van der Waals surface area contributed by atoms with Crippen LogP contribution < -0.4 is 0 Å². The van der Waals surface area contributed by atoms with Crippen LogP contribution in [0.4, 0.5) is 0 Å². The van der Waals surface area contributed by atoms with Crippen molar-refractivity contribution >= 4 is 33.5 Å². The van der Waals surface area contributed by atoms with Gasteiger partial charge in [0.15, 0.2) is 0 Å². The molecule has 4 rings (SSSR count). The highest BCUT2D eigenvalue weighted by Crippen LogP contribution is 2.72. The van der Waals surface area contributed by atoms with Gasteiger partial charge in [-0.05, 0) is 97.2 Å². The summed E-state index contributed by atoms with van der Waals surface area (Å²) in [5.41, 5.74) is 4.91. The first-order chi connectivity index (χ1) is 20.8. The Balaban J connectivity index is 1.43. The molecule has 6 heteroatoms. The molecule has 3 unspecified atom stereocenters. The van der Waals surface area contributed by atoms with Crippen LogP contribution in [0.1, 0.15) is 147 Å². The molecule has 0 saturated heterocycles. The van der Waals surface area contributed by atoms with Gasteiger partial charge < -0.3 is 9.84 Å². The summed E-state index contributed by atoms with van der Waals surface area (Å²) in [6, 6.07) is 0. The van der Waals surface area contributed by atoms with Crippen molar-refractivity contribution in [1.29, 1.82) is 0 Å². The maximum Gasteiger partial charge on any atom is 0.309 e. The first-order valence-corrected chi connectivity index (χ1v) is 20.7. The summed E-state index contributed by atoms with van der Waals surface area (Å²) in [6.07, 6.45) is 13.8. The fourth-order valence-corrected chi connectivity index (χ4v) is 13.4. The van der Waals surface area contributed by atoms with Crippen LogP contribution in [0, 0.1) is 56.7 Å². The van der Waals surface area contributed by atoms with Crippen LogP contribution in [0.25, 0.3) is 0 Å². The standard InChI is InChI=1S/C39H66O4S2/c1-25(13-12-19-35(4,5)6)28-16-21-39(11)30-14-15-31-36(7,8)32(18-20-37(31,9)29(30)17-22-38(28,39)10)43-34(42)27(3)24-45-44-23-26(2)33(40)41/h25-28,31-32H,12-24H2,1-11H3,(H,40,41)/t25-,26?,27?,28-,31+,32?,37-,38-,39+/m1/s1. The number of hydrogen-bond acceptors (Lipinski definition) is 5. The van der Waals surface area contributed by atoms with Crippen molar-refractivity contribution in [3.05, 3.63) is 11.1 Å². The number of carboxylic acids is 1. The Morgan fingerprint density at radius 1 is 0.889 bits per heavy atom. The average molecular weight is 663 g/mol. The molecular weight excluding hydrogens is 597 g/mol. The van der Waals surface area contributed by atoms with Crippen LogP contribution in [0.15, 0.2) is 11.1 Å². The minimum atomic E-state index is -0.770. The van der Waals surface area contributed by atoms with Gasteiger partial charge in [0.05, 0.1) is 11.8 Å². The molecule has 4 aliphatic rings. The minimum absolute atomic E-state index is 0.0494. The van der Waals surface area contributed by atoms with Crippen LogP contribution in [0.5, 0.6) is 0 Å². The van der Waals surface area contributed by atoms with Crippen LogP contribution >= 0.6 is 21.6 Å². The van der Waals surface area contributed by atoms with E-state index in [4.69, 9.17) is 9.84 Å². The van der Waals surface area contributed by atoms with Gasteiger partial charge in [0, 0.05) is 16.9 Å². The maximum atomic E-state index is 13.3. The first-order valence-electron chi connectivity index (χ1n) is 18.2. The van der Waals surface area contributed by atoms with Crippen LogP contribution in [0.2, 0.25) is 0 Å². The number of rotatable bonds is 12. The molecule has 2 fully saturated rings. The lowest BCUT2D eigenvalue weighted by molar-refractivity contribution is -0.173. The maximum absolute atomic E-state index is 13.3. The third kappa shape index (κ3) is 7.23. The predicted octanol–water partition coefficient (Wildman–Crippen LogP) is 11.2. The fraction of sp³-hybridized carbons (Fsp3) is 0.897. The molecule has 0 aromatic heterocycles. The molecule has 0 amide bonds. The third-order valence-corrected chi connectivity index (χ3v) is 16.6.